The lowest BCUT2D eigenvalue weighted by atomic mass is 10.2. The van der Waals surface area contributed by atoms with Crippen LogP contribution in [0.5, 0.6) is 5.75 Å². The fourth-order valence-corrected chi connectivity index (χ4v) is 3.98. The van der Waals surface area contributed by atoms with E-state index in [9.17, 15) is 13.2 Å². The Morgan fingerprint density at radius 1 is 1.23 bits per heavy atom. The number of carbonyl (C=O) groups is 1. The topological polar surface area (TPSA) is 114 Å². The number of hydrogen-bond donors (Lipinski definition) is 1. The summed E-state index contributed by atoms with van der Waals surface area (Å²) in [6, 6.07) is 7.52. The molecule has 0 atom stereocenters. The van der Waals surface area contributed by atoms with E-state index in [1.165, 1.54) is 36.5 Å². The normalized spacial score (nSPS) is 11.1. The van der Waals surface area contributed by atoms with Crippen molar-refractivity contribution in [3.8, 4) is 5.75 Å². The molecule has 0 aliphatic carbocycles. The minimum Gasteiger partial charge on any atom is -0.495 e. The minimum atomic E-state index is -3.96. The van der Waals surface area contributed by atoms with Gasteiger partial charge >= 0.3 is 0 Å². The number of nitrogens with zero attached hydrogens (tertiary/aromatic N) is 4. The van der Waals surface area contributed by atoms with Gasteiger partial charge in [-0.1, -0.05) is 18.5 Å². The second kappa shape index (κ2) is 9.58. The number of benzene rings is 1. The van der Waals surface area contributed by atoms with E-state index >= 15 is 0 Å². The van der Waals surface area contributed by atoms with Crippen LogP contribution in [-0.2, 0) is 14.8 Å². The average Bonchev–Trinajstić information content (AvgIpc) is 2.76. The molecule has 0 bridgehead atoms. The zero-order chi connectivity index (χ0) is 22.6. The molecule has 3 rings (SSSR count). The number of sulfonamides is 1. The van der Waals surface area contributed by atoms with Crippen molar-refractivity contribution >= 4 is 60.9 Å². The average molecular weight is 527 g/mol. The van der Waals surface area contributed by atoms with Crippen molar-refractivity contribution in [2.75, 3.05) is 16.7 Å². The summed E-state index contributed by atoms with van der Waals surface area (Å²) in [4.78, 5) is 25.8. The molecule has 0 spiro atoms. The standard InChI is InChI=1S/C19H17BrClN5O4S/c1-3-18(27)26(15-10-14(21)13(20)9-16(15)30-2)17-6-5-12(11-24-17)31(28,29)25-19-22-7-4-8-23-19/h4-11H,3H2,1-2H3,(H,22,23,25). The van der Waals surface area contributed by atoms with Gasteiger partial charge in [-0.05, 0) is 46.3 Å². The maximum atomic E-state index is 12.7. The Hall–Kier alpha value is -2.76. The van der Waals surface area contributed by atoms with E-state index < -0.39 is 10.0 Å². The van der Waals surface area contributed by atoms with Gasteiger partial charge in [0.2, 0.25) is 11.9 Å². The van der Waals surface area contributed by atoms with E-state index in [0.29, 0.717) is 20.9 Å². The van der Waals surface area contributed by atoms with Gasteiger partial charge in [0, 0.05) is 29.5 Å². The molecule has 0 aliphatic heterocycles. The predicted octanol–water partition coefficient (Wildman–Crippen LogP) is 4.17. The number of aromatic nitrogens is 3. The Labute approximate surface area is 192 Å². The van der Waals surface area contributed by atoms with E-state index in [2.05, 4.69) is 35.6 Å². The van der Waals surface area contributed by atoms with E-state index in [1.807, 2.05) is 0 Å². The van der Waals surface area contributed by atoms with Gasteiger partial charge in [-0.2, -0.15) is 0 Å². The van der Waals surface area contributed by atoms with Gasteiger partial charge in [-0.3, -0.25) is 9.69 Å². The van der Waals surface area contributed by atoms with Crippen LogP contribution in [0.15, 0.2) is 58.3 Å². The van der Waals surface area contributed by atoms with E-state index in [0.717, 1.165) is 6.20 Å². The quantitative estimate of drug-likeness (QED) is 0.491. The van der Waals surface area contributed by atoms with E-state index in [1.54, 1.807) is 25.1 Å². The third-order valence-corrected chi connectivity index (χ3v) is 6.58. The first-order valence-corrected chi connectivity index (χ1v) is 11.5. The molecular formula is C19H17BrClN5O4S. The van der Waals surface area contributed by atoms with Gasteiger partial charge in [0.15, 0.2) is 0 Å². The molecule has 0 saturated carbocycles. The molecule has 0 saturated heterocycles. The highest BCUT2D eigenvalue weighted by molar-refractivity contribution is 9.10. The molecule has 0 radical (unpaired) electrons. The van der Waals surface area contributed by atoms with Crippen LogP contribution in [0.25, 0.3) is 0 Å². The third-order valence-electron chi connectivity index (χ3n) is 4.07. The zero-order valence-corrected chi connectivity index (χ0v) is 19.6. The predicted molar refractivity (Wildman–Crippen MR) is 120 cm³/mol. The van der Waals surface area contributed by atoms with Gasteiger partial charge in [-0.25, -0.2) is 28.1 Å². The fourth-order valence-electron chi connectivity index (χ4n) is 2.59. The number of ether oxygens (including phenoxy) is 1. The summed E-state index contributed by atoms with van der Waals surface area (Å²) in [6.45, 7) is 1.70. The van der Waals surface area contributed by atoms with E-state index in [-0.39, 0.29) is 29.0 Å². The van der Waals surface area contributed by atoms with Crippen LogP contribution in [0, 0.1) is 0 Å². The molecule has 0 unspecified atom stereocenters. The molecule has 2 heterocycles. The van der Waals surface area contributed by atoms with Crippen LogP contribution in [0.4, 0.5) is 17.5 Å². The van der Waals surface area contributed by atoms with Crippen molar-refractivity contribution in [3.05, 3.63) is 58.4 Å². The monoisotopic (exact) mass is 525 g/mol. The number of methoxy groups -OCH3 is 1. The summed E-state index contributed by atoms with van der Waals surface area (Å²) in [7, 11) is -2.50. The number of carbonyl (C=O) groups excluding carboxylic acids is 1. The SMILES string of the molecule is CCC(=O)N(c1ccc(S(=O)(=O)Nc2ncccn2)cn1)c1cc(Cl)c(Br)cc1OC. The lowest BCUT2D eigenvalue weighted by molar-refractivity contribution is -0.117. The zero-order valence-electron chi connectivity index (χ0n) is 16.4. The van der Waals surface area contributed by atoms with Crippen molar-refractivity contribution in [1.82, 2.24) is 15.0 Å². The van der Waals surface area contributed by atoms with Crippen LogP contribution in [0.3, 0.4) is 0 Å². The molecule has 0 fully saturated rings. The third kappa shape index (κ3) is 5.12. The molecule has 0 aliphatic rings. The molecule has 2 aromatic heterocycles. The number of amides is 1. The first kappa shape index (κ1) is 22.9. The molecule has 1 N–H and O–H groups in total. The molecule has 9 nitrogen and oxygen atoms in total. The summed E-state index contributed by atoms with van der Waals surface area (Å²) in [5, 5.41) is 0.371. The fraction of sp³-hybridized carbons (Fsp3) is 0.158. The second-order valence-electron chi connectivity index (χ2n) is 6.05. The Balaban J connectivity index is 2.00. The highest BCUT2D eigenvalue weighted by Crippen LogP contribution is 2.39. The molecular weight excluding hydrogens is 510 g/mol. The summed E-state index contributed by atoms with van der Waals surface area (Å²) in [5.41, 5.74) is 0.376. The molecule has 3 aromatic rings. The Morgan fingerprint density at radius 2 is 1.94 bits per heavy atom. The van der Waals surface area contributed by atoms with Crippen LogP contribution in [0.1, 0.15) is 13.3 Å². The first-order chi connectivity index (χ1) is 14.8. The molecule has 1 aromatic carbocycles. The summed E-state index contributed by atoms with van der Waals surface area (Å²) >= 11 is 9.55. The minimum absolute atomic E-state index is 0.0661. The Kier molecular flexibility index (Phi) is 7.08. The molecule has 1 amide bonds. The smallest absolute Gasteiger partial charge is 0.265 e. The summed E-state index contributed by atoms with van der Waals surface area (Å²) in [5.74, 6) is 0.247. The highest BCUT2D eigenvalue weighted by Gasteiger charge is 2.24. The van der Waals surface area contributed by atoms with Gasteiger partial charge in [0.1, 0.15) is 16.5 Å². The van der Waals surface area contributed by atoms with Gasteiger partial charge in [0.25, 0.3) is 10.0 Å². The number of anilines is 3. The second-order valence-corrected chi connectivity index (χ2v) is 8.99. The number of rotatable bonds is 7. The van der Waals surface area contributed by atoms with Gasteiger partial charge in [-0.15, -0.1) is 0 Å². The van der Waals surface area contributed by atoms with Gasteiger partial charge < -0.3 is 4.74 Å². The van der Waals surface area contributed by atoms with E-state index in [4.69, 9.17) is 16.3 Å². The highest BCUT2D eigenvalue weighted by atomic mass is 79.9. The molecule has 12 heteroatoms. The van der Waals surface area contributed by atoms with Crippen molar-refractivity contribution in [1.29, 1.82) is 0 Å². The Bertz CT molecular complexity index is 1190. The van der Waals surface area contributed by atoms with Crippen molar-refractivity contribution in [2.24, 2.45) is 0 Å². The van der Waals surface area contributed by atoms with Crippen LogP contribution >= 0.6 is 27.5 Å². The summed E-state index contributed by atoms with van der Waals surface area (Å²) < 4.78 is 33.4. The number of halogens is 2. The lowest BCUT2D eigenvalue weighted by Gasteiger charge is -2.24. The summed E-state index contributed by atoms with van der Waals surface area (Å²) in [6.07, 6.45) is 4.14. The maximum Gasteiger partial charge on any atom is 0.265 e. The van der Waals surface area contributed by atoms with Gasteiger partial charge in [0.05, 0.1) is 17.8 Å². The van der Waals surface area contributed by atoms with Crippen LogP contribution in [-0.4, -0.2) is 36.4 Å². The van der Waals surface area contributed by atoms with Crippen molar-refractivity contribution < 1.29 is 17.9 Å². The molecule has 162 valence electrons. The lowest BCUT2D eigenvalue weighted by Crippen LogP contribution is -2.26. The van der Waals surface area contributed by atoms with Crippen LogP contribution in [0.2, 0.25) is 5.02 Å². The maximum absolute atomic E-state index is 12.7. The Morgan fingerprint density at radius 3 is 2.52 bits per heavy atom. The number of hydrogen-bond acceptors (Lipinski definition) is 7. The molecule has 31 heavy (non-hydrogen) atoms. The number of nitrogens with one attached hydrogen (secondary N) is 1. The first-order valence-electron chi connectivity index (χ1n) is 8.88. The van der Waals surface area contributed by atoms with Crippen molar-refractivity contribution in [3.63, 3.8) is 0 Å². The van der Waals surface area contributed by atoms with Crippen LogP contribution < -0.4 is 14.4 Å². The largest absolute Gasteiger partial charge is 0.495 e. The van der Waals surface area contributed by atoms with Crippen molar-refractivity contribution in [2.45, 2.75) is 18.2 Å². The number of pyridine rings is 1.